The maximum Gasteiger partial charge on any atom is 0.337 e. The van der Waals surface area contributed by atoms with Crippen LogP contribution in [0.5, 0.6) is 0 Å². The molecule has 0 atom stereocenters. The lowest BCUT2D eigenvalue weighted by molar-refractivity contribution is -0.129. The van der Waals surface area contributed by atoms with E-state index in [-0.39, 0.29) is 17.4 Å². The van der Waals surface area contributed by atoms with Gasteiger partial charge < -0.3 is 10.0 Å². The molecular formula is C11H11ClN2O3. The Hall–Kier alpha value is -1.62. The molecule has 5 nitrogen and oxygen atoms in total. The molecule has 2 heterocycles. The lowest BCUT2D eigenvalue weighted by Gasteiger charge is -2.28. The summed E-state index contributed by atoms with van der Waals surface area (Å²) in [5.41, 5.74) is 1.78. The van der Waals surface area contributed by atoms with Gasteiger partial charge in [-0.25, -0.2) is 4.79 Å². The molecule has 0 bridgehead atoms. The Balaban J connectivity index is 2.31. The molecule has 1 amide bonds. The molecule has 0 unspecified atom stereocenters. The first-order chi connectivity index (χ1) is 8.13. The van der Waals surface area contributed by atoms with Crippen LogP contribution < -0.4 is 0 Å². The van der Waals surface area contributed by atoms with E-state index < -0.39 is 5.97 Å². The van der Waals surface area contributed by atoms with Crippen molar-refractivity contribution in [2.45, 2.75) is 13.0 Å². The van der Waals surface area contributed by atoms with Gasteiger partial charge in [-0.1, -0.05) is 0 Å². The maximum atomic E-state index is 11.5. The van der Waals surface area contributed by atoms with E-state index in [2.05, 4.69) is 4.98 Å². The van der Waals surface area contributed by atoms with Gasteiger partial charge in [0, 0.05) is 25.5 Å². The molecule has 0 saturated carbocycles. The zero-order valence-corrected chi connectivity index (χ0v) is 9.78. The predicted molar refractivity (Wildman–Crippen MR) is 61.0 cm³/mol. The van der Waals surface area contributed by atoms with E-state index >= 15 is 0 Å². The van der Waals surface area contributed by atoms with Crippen LogP contribution in [0.2, 0.25) is 0 Å². The average Bonchev–Trinajstić information content (AvgIpc) is 2.36. The fraction of sp³-hybridized carbons (Fsp3) is 0.364. The van der Waals surface area contributed by atoms with E-state index in [1.807, 2.05) is 0 Å². The van der Waals surface area contributed by atoms with E-state index in [4.69, 9.17) is 16.7 Å². The first-order valence-electron chi connectivity index (χ1n) is 5.16. The highest BCUT2D eigenvalue weighted by Gasteiger charge is 2.23. The van der Waals surface area contributed by atoms with Gasteiger partial charge in [-0.2, -0.15) is 0 Å². The Morgan fingerprint density at radius 1 is 1.47 bits per heavy atom. The maximum absolute atomic E-state index is 11.5. The number of carboxylic acid groups (broad SMARTS) is 1. The van der Waals surface area contributed by atoms with Crippen LogP contribution in [0.3, 0.4) is 0 Å². The van der Waals surface area contributed by atoms with Gasteiger partial charge in [-0.15, -0.1) is 11.6 Å². The molecule has 0 aliphatic carbocycles. The number of hydrogen-bond acceptors (Lipinski definition) is 3. The Bertz CT molecular complexity index is 476. The minimum absolute atomic E-state index is 0.0542. The fourth-order valence-corrected chi connectivity index (χ4v) is 2.14. The third-order valence-corrected chi connectivity index (χ3v) is 3.07. The first kappa shape index (κ1) is 11.9. The third kappa shape index (κ3) is 2.24. The van der Waals surface area contributed by atoms with Crippen molar-refractivity contribution in [3.05, 3.63) is 29.1 Å². The van der Waals surface area contributed by atoms with Crippen molar-refractivity contribution < 1.29 is 14.7 Å². The number of carbonyl (C=O) groups excluding carboxylic acids is 1. The highest BCUT2D eigenvalue weighted by Crippen LogP contribution is 2.21. The van der Waals surface area contributed by atoms with Crippen LogP contribution in [0.25, 0.3) is 0 Å². The predicted octanol–water partition coefficient (Wildman–Crippen LogP) is 0.903. The van der Waals surface area contributed by atoms with Gasteiger partial charge in [-0.3, -0.25) is 9.78 Å². The molecule has 0 radical (unpaired) electrons. The van der Waals surface area contributed by atoms with Crippen molar-refractivity contribution in [2.75, 3.05) is 12.4 Å². The summed E-state index contributed by atoms with van der Waals surface area (Å²) in [5.74, 6) is -1.18. The average molecular weight is 255 g/mol. The van der Waals surface area contributed by atoms with Gasteiger partial charge >= 0.3 is 5.97 Å². The van der Waals surface area contributed by atoms with Gasteiger partial charge in [-0.05, 0) is 17.5 Å². The Morgan fingerprint density at radius 3 is 2.88 bits per heavy atom. The highest BCUT2D eigenvalue weighted by molar-refractivity contribution is 6.27. The molecular weight excluding hydrogens is 244 g/mol. The largest absolute Gasteiger partial charge is 0.478 e. The molecule has 17 heavy (non-hydrogen) atoms. The van der Waals surface area contributed by atoms with Crippen molar-refractivity contribution in [3.63, 3.8) is 0 Å². The van der Waals surface area contributed by atoms with Crippen molar-refractivity contribution in [1.29, 1.82) is 0 Å². The molecule has 1 N–H and O–H groups in total. The van der Waals surface area contributed by atoms with Crippen LogP contribution in [0, 0.1) is 0 Å². The number of aromatic nitrogens is 1. The molecule has 6 heteroatoms. The van der Waals surface area contributed by atoms with Crippen LogP contribution in [-0.4, -0.2) is 39.3 Å². The normalized spacial score (nSPS) is 14.3. The van der Waals surface area contributed by atoms with E-state index in [0.717, 1.165) is 11.1 Å². The van der Waals surface area contributed by atoms with Crippen LogP contribution in [-0.2, 0) is 17.8 Å². The third-order valence-electron chi connectivity index (χ3n) is 2.84. The molecule has 90 valence electrons. The van der Waals surface area contributed by atoms with Crippen molar-refractivity contribution in [3.8, 4) is 0 Å². The zero-order chi connectivity index (χ0) is 12.4. The Morgan fingerprint density at radius 2 is 2.24 bits per heavy atom. The molecule has 0 fully saturated rings. The van der Waals surface area contributed by atoms with Gasteiger partial charge in [0.15, 0.2) is 0 Å². The number of halogens is 1. The second kappa shape index (κ2) is 4.71. The number of hydrogen-bond donors (Lipinski definition) is 1. The second-order valence-corrected chi connectivity index (χ2v) is 4.10. The van der Waals surface area contributed by atoms with Crippen molar-refractivity contribution in [1.82, 2.24) is 9.88 Å². The lowest BCUT2D eigenvalue weighted by Crippen LogP contribution is -2.37. The molecule has 1 aromatic rings. The summed E-state index contributed by atoms with van der Waals surface area (Å²) >= 11 is 5.49. The SMILES string of the molecule is O=C(O)c1cncc2c1CCN(C(=O)CCl)C2. The fourth-order valence-electron chi connectivity index (χ4n) is 1.98. The number of fused-ring (bicyclic) bond motifs is 1. The molecule has 0 spiro atoms. The van der Waals surface area contributed by atoms with Crippen LogP contribution in [0.1, 0.15) is 21.5 Å². The lowest BCUT2D eigenvalue weighted by atomic mass is 9.97. The number of amides is 1. The Labute approximate surface area is 103 Å². The number of rotatable bonds is 2. The number of nitrogens with zero attached hydrogens (tertiary/aromatic N) is 2. The van der Waals surface area contributed by atoms with E-state index in [1.165, 1.54) is 6.20 Å². The van der Waals surface area contributed by atoms with Gasteiger partial charge in [0.1, 0.15) is 5.88 Å². The summed E-state index contributed by atoms with van der Waals surface area (Å²) in [5, 5.41) is 9.02. The molecule has 0 saturated heterocycles. The number of alkyl halides is 1. The summed E-state index contributed by atoms with van der Waals surface area (Å²) in [6, 6.07) is 0. The topological polar surface area (TPSA) is 70.5 Å². The van der Waals surface area contributed by atoms with E-state index in [0.29, 0.717) is 19.5 Å². The quantitative estimate of drug-likeness (QED) is 0.796. The summed E-state index contributed by atoms with van der Waals surface area (Å²) in [6.07, 6.45) is 3.48. The standard InChI is InChI=1S/C11H11ClN2O3/c12-3-10(15)14-2-1-8-7(6-14)4-13-5-9(8)11(16)17/h4-5H,1-3,6H2,(H,16,17). The number of aromatic carboxylic acids is 1. The Kier molecular flexibility index (Phi) is 3.28. The van der Waals surface area contributed by atoms with Crippen molar-refractivity contribution >= 4 is 23.5 Å². The van der Waals surface area contributed by atoms with Gasteiger partial charge in [0.2, 0.25) is 5.91 Å². The van der Waals surface area contributed by atoms with E-state index in [1.54, 1.807) is 11.1 Å². The zero-order valence-electron chi connectivity index (χ0n) is 9.02. The number of carboxylic acids is 1. The summed E-state index contributed by atoms with van der Waals surface area (Å²) in [6.45, 7) is 0.887. The van der Waals surface area contributed by atoms with Crippen LogP contribution in [0.15, 0.2) is 12.4 Å². The minimum atomic E-state index is -0.980. The molecule has 1 aliphatic heterocycles. The summed E-state index contributed by atoms with van der Waals surface area (Å²) in [4.78, 5) is 28.0. The molecule has 1 aromatic heterocycles. The van der Waals surface area contributed by atoms with E-state index in [9.17, 15) is 9.59 Å². The molecule has 1 aliphatic rings. The van der Waals surface area contributed by atoms with Crippen LogP contribution in [0.4, 0.5) is 0 Å². The monoisotopic (exact) mass is 254 g/mol. The molecule has 0 aromatic carbocycles. The second-order valence-electron chi connectivity index (χ2n) is 3.83. The van der Waals surface area contributed by atoms with Gasteiger partial charge in [0.05, 0.1) is 5.56 Å². The highest BCUT2D eigenvalue weighted by atomic mass is 35.5. The minimum Gasteiger partial charge on any atom is -0.478 e. The first-order valence-corrected chi connectivity index (χ1v) is 5.69. The summed E-state index contributed by atoms with van der Waals surface area (Å²) in [7, 11) is 0. The van der Waals surface area contributed by atoms with Crippen molar-refractivity contribution in [2.24, 2.45) is 0 Å². The number of pyridine rings is 1. The molecule has 2 rings (SSSR count). The van der Waals surface area contributed by atoms with Crippen LogP contribution >= 0.6 is 11.6 Å². The number of carbonyl (C=O) groups is 2. The smallest absolute Gasteiger partial charge is 0.337 e. The summed E-state index contributed by atoms with van der Waals surface area (Å²) < 4.78 is 0. The van der Waals surface area contributed by atoms with Gasteiger partial charge in [0.25, 0.3) is 0 Å².